The van der Waals surface area contributed by atoms with Gasteiger partial charge in [-0.25, -0.2) is 17.7 Å². The number of amides is 2. The lowest BCUT2D eigenvalue weighted by molar-refractivity contribution is -0.132. The molecule has 13 heteroatoms. The number of hydrogen-bond acceptors (Lipinski definition) is 9. The van der Waals surface area contributed by atoms with E-state index < -0.39 is 57.8 Å². The summed E-state index contributed by atoms with van der Waals surface area (Å²) < 4.78 is 28.6. The number of hydrogen-bond donors (Lipinski definition) is 4. The number of nitrogens with zero attached hydrogens (tertiary/aromatic N) is 3. The second kappa shape index (κ2) is 21.5. The first-order chi connectivity index (χ1) is 24.0. The van der Waals surface area contributed by atoms with Gasteiger partial charge in [0.05, 0.1) is 35.0 Å². The number of benzene rings is 1. The zero-order valence-electron chi connectivity index (χ0n) is 29.9. The molecule has 0 bridgehead atoms. The van der Waals surface area contributed by atoms with Crippen LogP contribution in [0.25, 0.3) is 0 Å². The number of terminal acetylenes is 1. The predicted molar refractivity (Wildman–Crippen MR) is 199 cm³/mol. The molecule has 1 aromatic carbocycles. The number of aliphatic hydroxyl groups excluding tert-OH is 2. The number of nitrogens with one attached hydrogen (secondary N) is 2. The SMILES string of the molecule is C#CCC[C@H](O)[C@H](O)[C@H](CC1CCCCC1)NC(=O)[C@H](Cc1cscn1)NC(=O)[C@H](Cc1ccccc1)CS(=O)(=O)N(C)CCN(CC)CC. The van der Waals surface area contributed by atoms with Gasteiger partial charge in [0.25, 0.3) is 0 Å². The fourth-order valence-electron chi connectivity index (χ4n) is 6.53. The van der Waals surface area contributed by atoms with Crippen LogP contribution in [0.2, 0.25) is 0 Å². The molecule has 2 amide bonds. The summed E-state index contributed by atoms with van der Waals surface area (Å²) in [5.74, 6) is 0.239. The lowest BCUT2D eigenvalue weighted by Crippen LogP contribution is -2.56. The largest absolute Gasteiger partial charge is 0.390 e. The first kappa shape index (κ1) is 41.6. The molecule has 0 radical (unpaired) electrons. The topological polar surface area (TPSA) is 152 Å². The van der Waals surface area contributed by atoms with E-state index in [9.17, 15) is 28.2 Å². The molecule has 0 aliphatic heterocycles. The molecule has 1 aliphatic rings. The molecule has 3 rings (SSSR count). The summed E-state index contributed by atoms with van der Waals surface area (Å²) in [6, 6.07) is 7.35. The molecule has 0 saturated heterocycles. The summed E-state index contributed by atoms with van der Waals surface area (Å²) in [7, 11) is -2.31. The molecule has 4 N–H and O–H groups in total. The van der Waals surface area contributed by atoms with Crippen LogP contribution in [0.4, 0.5) is 0 Å². The Hall–Kier alpha value is -2.86. The Balaban J connectivity index is 1.86. The molecule has 1 fully saturated rings. The minimum absolute atomic E-state index is 0.0710. The van der Waals surface area contributed by atoms with Crippen molar-refractivity contribution >= 4 is 33.2 Å². The van der Waals surface area contributed by atoms with E-state index in [1.165, 1.54) is 22.7 Å². The highest BCUT2D eigenvalue weighted by atomic mass is 32.2. The molecule has 1 heterocycles. The molecular weight excluding hydrogens is 675 g/mol. The number of carbonyl (C=O) groups excluding carboxylic acids is 2. The number of rotatable bonds is 22. The standard InChI is InChI=1S/C37H57N5O6S2/c1-5-8-19-34(43)35(44)32(23-29-17-13-10-14-18-29)39-37(46)33(24-31-25-49-27-38-31)40-36(45)30(22-28-15-11-9-12-16-28)26-50(47,48)41(4)20-21-42(6-2)7-3/h1,9,11-12,15-16,25,27,29-30,32-35,43-44H,6-8,10,13-14,17-24,26H2,2-4H3,(H,39,46)(H,40,45)/t30-,32+,33+,34+,35-/m1/s1. The minimum Gasteiger partial charge on any atom is -0.390 e. The van der Waals surface area contributed by atoms with E-state index in [0.717, 1.165) is 50.8 Å². The Labute approximate surface area is 303 Å². The molecule has 0 spiro atoms. The van der Waals surface area contributed by atoms with Crippen LogP contribution in [0.15, 0.2) is 41.2 Å². The van der Waals surface area contributed by atoms with Crippen molar-refractivity contribution in [2.45, 2.75) is 102 Å². The van der Waals surface area contributed by atoms with Crippen molar-refractivity contribution in [3.05, 3.63) is 52.5 Å². The van der Waals surface area contributed by atoms with E-state index in [1.807, 2.05) is 44.2 Å². The molecule has 0 unspecified atom stereocenters. The highest BCUT2D eigenvalue weighted by Gasteiger charge is 2.35. The van der Waals surface area contributed by atoms with Gasteiger partial charge in [0.15, 0.2) is 0 Å². The van der Waals surface area contributed by atoms with Gasteiger partial charge >= 0.3 is 0 Å². The van der Waals surface area contributed by atoms with Crippen LogP contribution in [0.5, 0.6) is 0 Å². The third kappa shape index (κ3) is 13.7. The highest BCUT2D eigenvalue weighted by molar-refractivity contribution is 7.89. The summed E-state index contributed by atoms with van der Waals surface area (Å²) in [6.07, 6.45) is 9.41. The van der Waals surface area contributed by atoms with Crippen molar-refractivity contribution in [1.29, 1.82) is 0 Å². The lowest BCUT2D eigenvalue weighted by Gasteiger charge is -2.33. The molecule has 1 aromatic heterocycles. The van der Waals surface area contributed by atoms with E-state index in [4.69, 9.17) is 6.42 Å². The van der Waals surface area contributed by atoms with Crippen LogP contribution in [-0.4, -0.2) is 108 Å². The second-order valence-corrected chi connectivity index (χ2v) is 16.3. The maximum Gasteiger partial charge on any atom is 0.243 e. The van der Waals surface area contributed by atoms with Crippen LogP contribution in [0.1, 0.15) is 76.5 Å². The van der Waals surface area contributed by atoms with Crippen molar-refractivity contribution in [1.82, 2.24) is 24.8 Å². The zero-order chi connectivity index (χ0) is 36.5. The van der Waals surface area contributed by atoms with Crippen molar-refractivity contribution in [2.24, 2.45) is 11.8 Å². The van der Waals surface area contributed by atoms with Gasteiger partial charge in [-0.1, -0.05) is 76.3 Å². The fraction of sp³-hybridized carbons (Fsp3) is 0.649. The molecule has 278 valence electrons. The summed E-state index contributed by atoms with van der Waals surface area (Å²) in [5, 5.41) is 29.6. The summed E-state index contributed by atoms with van der Waals surface area (Å²) in [5.41, 5.74) is 3.03. The Bertz CT molecular complexity index is 1430. The maximum absolute atomic E-state index is 14.1. The number of thiazole rings is 1. The third-order valence-electron chi connectivity index (χ3n) is 9.77. The maximum atomic E-state index is 14.1. The quantitative estimate of drug-likeness (QED) is 0.135. The summed E-state index contributed by atoms with van der Waals surface area (Å²) in [6.45, 7) is 6.51. The van der Waals surface area contributed by atoms with E-state index >= 15 is 0 Å². The van der Waals surface area contributed by atoms with Gasteiger partial charge in [-0.05, 0) is 43.8 Å². The summed E-state index contributed by atoms with van der Waals surface area (Å²) in [4.78, 5) is 34.6. The second-order valence-electron chi connectivity index (χ2n) is 13.4. The van der Waals surface area contributed by atoms with E-state index in [0.29, 0.717) is 18.7 Å². The van der Waals surface area contributed by atoms with Gasteiger partial charge in [0, 0.05) is 38.4 Å². The smallest absolute Gasteiger partial charge is 0.243 e. The van der Waals surface area contributed by atoms with Crippen LogP contribution in [-0.2, 0) is 32.5 Å². The number of sulfonamides is 1. The number of aromatic nitrogens is 1. The molecule has 11 nitrogen and oxygen atoms in total. The van der Waals surface area contributed by atoms with Gasteiger partial charge in [-0.3, -0.25) is 9.59 Å². The van der Waals surface area contributed by atoms with Gasteiger partial charge in [-0.15, -0.1) is 23.7 Å². The Morgan fingerprint density at radius 2 is 1.74 bits per heavy atom. The Morgan fingerprint density at radius 1 is 1.04 bits per heavy atom. The summed E-state index contributed by atoms with van der Waals surface area (Å²) >= 11 is 1.36. The van der Waals surface area contributed by atoms with Gasteiger partial charge in [0.2, 0.25) is 21.8 Å². The Kier molecular flexibility index (Phi) is 17.9. The monoisotopic (exact) mass is 731 g/mol. The highest BCUT2D eigenvalue weighted by Crippen LogP contribution is 2.29. The molecule has 2 aromatic rings. The predicted octanol–water partition coefficient (Wildman–Crippen LogP) is 3.22. The minimum atomic E-state index is -3.85. The third-order valence-corrected chi connectivity index (χ3v) is 12.4. The van der Waals surface area contributed by atoms with Gasteiger partial charge < -0.3 is 25.7 Å². The molecule has 1 saturated carbocycles. The first-order valence-electron chi connectivity index (χ1n) is 17.9. The van der Waals surface area contributed by atoms with Crippen LogP contribution < -0.4 is 10.6 Å². The van der Waals surface area contributed by atoms with E-state index in [-0.39, 0.29) is 38.1 Å². The van der Waals surface area contributed by atoms with Crippen molar-refractivity contribution < 1.29 is 28.2 Å². The van der Waals surface area contributed by atoms with Crippen LogP contribution >= 0.6 is 11.3 Å². The van der Waals surface area contributed by atoms with E-state index in [1.54, 1.807) is 10.9 Å². The fourth-order valence-corrected chi connectivity index (χ4v) is 8.50. The molecule has 1 aliphatic carbocycles. The van der Waals surface area contributed by atoms with Crippen LogP contribution in [0.3, 0.4) is 0 Å². The zero-order valence-corrected chi connectivity index (χ0v) is 31.5. The van der Waals surface area contributed by atoms with Crippen LogP contribution in [0, 0.1) is 24.2 Å². The normalized spacial score (nSPS) is 17.1. The molecule has 50 heavy (non-hydrogen) atoms. The lowest BCUT2D eigenvalue weighted by atomic mass is 9.82. The average molecular weight is 732 g/mol. The van der Waals surface area contributed by atoms with E-state index in [2.05, 4.69) is 26.4 Å². The number of carbonyl (C=O) groups is 2. The number of likely N-dealkylation sites (N-methyl/N-ethyl adjacent to an activating group) is 2. The van der Waals surface area contributed by atoms with Gasteiger partial charge in [-0.2, -0.15) is 0 Å². The first-order valence-corrected chi connectivity index (χ1v) is 20.5. The van der Waals surface area contributed by atoms with Gasteiger partial charge in [0.1, 0.15) is 12.1 Å². The Morgan fingerprint density at radius 3 is 2.36 bits per heavy atom. The van der Waals surface area contributed by atoms with Crippen molar-refractivity contribution in [3.8, 4) is 12.3 Å². The number of aliphatic hydroxyl groups is 2. The van der Waals surface area contributed by atoms with Crippen molar-refractivity contribution in [3.63, 3.8) is 0 Å². The molecular formula is C37H57N5O6S2. The molecule has 5 atom stereocenters. The average Bonchev–Trinajstić information content (AvgIpc) is 3.63. The van der Waals surface area contributed by atoms with Crippen molar-refractivity contribution in [2.75, 3.05) is 39.0 Å².